The van der Waals surface area contributed by atoms with E-state index in [1.54, 1.807) is 12.1 Å². The number of Topliss-reactive ketones (excluding diaryl/α,β-unsaturated/α-hetero) is 2. The standard InChI is InChI=1S/C31H31N3O4/c1-3-34-27-6-4-22(29(36)26(8-9-32)33-38-18(2)35)13-24(27)25-14-23(5-7-28(25)34)30(37)31-15-19-10-20(16-31)12-21(11-19)17-31/h4-7,13-14,19-21H,3,8,10-12,15-17H2,1-2H3/b33-26-. The smallest absolute Gasteiger partial charge is 0.331 e. The van der Waals surface area contributed by atoms with Crippen molar-refractivity contribution in [3.8, 4) is 6.07 Å². The summed E-state index contributed by atoms with van der Waals surface area (Å²) in [5.74, 6) is 1.24. The Hall–Kier alpha value is -3.79. The van der Waals surface area contributed by atoms with Crippen LogP contribution >= 0.6 is 0 Å². The maximum atomic E-state index is 14.1. The molecule has 4 bridgehead atoms. The van der Waals surface area contributed by atoms with Crippen molar-refractivity contribution in [3.63, 3.8) is 0 Å². The second-order valence-corrected chi connectivity index (χ2v) is 11.5. The van der Waals surface area contributed by atoms with E-state index in [1.165, 1.54) is 26.2 Å². The van der Waals surface area contributed by atoms with E-state index in [0.29, 0.717) is 23.3 Å². The summed E-state index contributed by atoms with van der Waals surface area (Å²) in [6.07, 6.45) is 6.67. The van der Waals surface area contributed by atoms with E-state index >= 15 is 0 Å². The van der Waals surface area contributed by atoms with Crippen LogP contribution in [0.15, 0.2) is 41.6 Å². The van der Waals surface area contributed by atoms with Crippen LogP contribution in [-0.2, 0) is 16.2 Å². The minimum absolute atomic E-state index is 0.126. The number of rotatable bonds is 7. The number of nitrogens with zero attached hydrogens (tertiary/aromatic N) is 3. The van der Waals surface area contributed by atoms with Crippen molar-refractivity contribution in [2.24, 2.45) is 28.3 Å². The molecule has 0 saturated heterocycles. The van der Waals surface area contributed by atoms with Crippen molar-refractivity contribution in [2.45, 2.75) is 65.3 Å². The molecule has 0 N–H and O–H groups in total. The fraction of sp³-hybridized carbons (Fsp3) is 0.452. The Morgan fingerprint density at radius 1 is 0.974 bits per heavy atom. The number of nitriles is 1. The van der Waals surface area contributed by atoms with Crippen molar-refractivity contribution >= 4 is 45.1 Å². The molecule has 0 unspecified atom stereocenters. The maximum absolute atomic E-state index is 14.1. The first kappa shape index (κ1) is 24.5. The molecule has 4 saturated carbocycles. The van der Waals surface area contributed by atoms with Gasteiger partial charge in [0.15, 0.2) is 5.78 Å². The summed E-state index contributed by atoms with van der Waals surface area (Å²) in [6.45, 7) is 4.00. The van der Waals surface area contributed by atoms with Gasteiger partial charge in [0.05, 0.1) is 12.5 Å². The number of carbonyl (C=O) groups excluding carboxylic acids is 3. The van der Waals surface area contributed by atoms with E-state index in [9.17, 15) is 14.4 Å². The number of hydrogen-bond donors (Lipinski definition) is 0. The van der Waals surface area contributed by atoms with Crippen LogP contribution in [-0.4, -0.2) is 27.8 Å². The number of aromatic nitrogens is 1. The summed E-state index contributed by atoms with van der Waals surface area (Å²) >= 11 is 0. The van der Waals surface area contributed by atoms with Crippen LogP contribution in [0.2, 0.25) is 0 Å². The molecule has 0 amide bonds. The summed E-state index contributed by atoms with van der Waals surface area (Å²) < 4.78 is 2.18. The largest absolute Gasteiger partial charge is 0.341 e. The Balaban J connectivity index is 1.42. The van der Waals surface area contributed by atoms with Gasteiger partial charge in [0, 0.05) is 51.8 Å². The third-order valence-corrected chi connectivity index (χ3v) is 9.02. The van der Waals surface area contributed by atoms with E-state index in [1.807, 2.05) is 30.3 Å². The average molecular weight is 510 g/mol. The zero-order valence-corrected chi connectivity index (χ0v) is 21.8. The second kappa shape index (κ2) is 9.20. The summed E-state index contributed by atoms with van der Waals surface area (Å²) in [5, 5.41) is 14.6. The van der Waals surface area contributed by atoms with Gasteiger partial charge in [-0.05, 0) is 99.6 Å². The topological polar surface area (TPSA) is 102 Å². The molecule has 38 heavy (non-hydrogen) atoms. The maximum Gasteiger partial charge on any atom is 0.331 e. The highest BCUT2D eigenvalue weighted by Crippen LogP contribution is 2.61. The van der Waals surface area contributed by atoms with Gasteiger partial charge in [0.2, 0.25) is 5.78 Å². The Labute approximate surface area is 221 Å². The molecule has 0 atom stereocenters. The molecule has 194 valence electrons. The van der Waals surface area contributed by atoms with Crippen LogP contribution in [0.4, 0.5) is 0 Å². The lowest BCUT2D eigenvalue weighted by Gasteiger charge is -2.56. The molecule has 4 fully saturated rings. The molecule has 7 nitrogen and oxygen atoms in total. The Bertz CT molecular complexity index is 1540. The van der Waals surface area contributed by atoms with Crippen molar-refractivity contribution < 1.29 is 19.2 Å². The van der Waals surface area contributed by atoms with Crippen LogP contribution in [0.1, 0.15) is 79.5 Å². The van der Waals surface area contributed by atoms with E-state index in [2.05, 4.69) is 21.5 Å². The highest BCUT2D eigenvalue weighted by Gasteiger charge is 2.54. The predicted octanol–water partition coefficient (Wildman–Crippen LogP) is 6.23. The lowest BCUT2D eigenvalue weighted by Crippen LogP contribution is -2.50. The Morgan fingerprint density at radius 2 is 1.53 bits per heavy atom. The molecular weight excluding hydrogens is 478 g/mol. The predicted molar refractivity (Wildman–Crippen MR) is 144 cm³/mol. The Morgan fingerprint density at radius 3 is 2.05 bits per heavy atom. The van der Waals surface area contributed by atoms with Crippen molar-refractivity contribution in [1.29, 1.82) is 5.26 Å². The summed E-state index contributed by atoms with van der Waals surface area (Å²) in [5.41, 5.74) is 2.75. The van der Waals surface area contributed by atoms with Crippen LogP contribution in [0.5, 0.6) is 0 Å². The third-order valence-electron chi connectivity index (χ3n) is 9.02. The molecule has 2 aromatic carbocycles. The first-order valence-electron chi connectivity index (χ1n) is 13.6. The van der Waals surface area contributed by atoms with Gasteiger partial charge >= 0.3 is 5.97 Å². The molecular formula is C31H31N3O4. The van der Waals surface area contributed by atoms with E-state index in [-0.39, 0.29) is 23.3 Å². The number of fused-ring (bicyclic) bond motifs is 3. The van der Waals surface area contributed by atoms with Gasteiger partial charge in [-0.1, -0.05) is 5.16 Å². The van der Waals surface area contributed by atoms with Crippen molar-refractivity contribution in [2.75, 3.05) is 0 Å². The average Bonchev–Trinajstić information content (AvgIpc) is 3.21. The normalized spacial score (nSPS) is 26.0. The van der Waals surface area contributed by atoms with Gasteiger partial charge in [-0.15, -0.1) is 0 Å². The van der Waals surface area contributed by atoms with Crippen LogP contribution in [0, 0.1) is 34.5 Å². The van der Waals surface area contributed by atoms with E-state index in [0.717, 1.165) is 53.2 Å². The van der Waals surface area contributed by atoms with Crippen LogP contribution in [0.3, 0.4) is 0 Å². The van der Waals surface area contributed by atoms with Crippen LogP contribution in [0.25, 0.3) is 21.8 Å². The minimum atomic E-state index is -0.661. The number of hydrogen-bond acceptors (Lipinski definition) is 6. The van der Waals surface area contributed by atoms with Gasteiger partial charge in [-0.3, -0.25) is 9.59 Å². The molecule has 4 aliphatic carbocycles. The van der Waals surface area contributed by atoms with E-state index in [4.69, 9.17) is 5.26 Å². The zero-order chi connectivity index (χ0) is 26.6. The molecule has 3 aromatic rings. The molecule has 7 heteroatoms. The molecule has 4 aliphatic rings. The zero-order valence-electron chi connectivity index (χ0n) is 21.8. The number of carbonyl (C=O) groups is 3. The first-order valence-corrected chi connectivity index (χ1v) is 13.6. The van der Waals surface area contributed by atoms with Gasteiger partial charge in [0.25, 0.3) is 0 Å². The number of oxime groups is 1. The second-order valence-electron chi connectivity index (χ2n) is 11.5. The lowest BCUT2D eigenvalue weighted by atomic mass is 9.48. The minimum Gasteiger partial charge on any atom is -0.341 e. The fourth-order valence-corrected chi connectivity index (χ4v) is 7.94. The highest BCUT2D eigenvalue weighted by molar-refractivity contribution is 6.46. The molecule has 0 radical (unpaired) electrons. The first-order chi connectivity index (χ1) is 18.3. The van der Waals surface area contributed by atoms with Crippen LogP contribution < -0.4 is 0 Å². The quantitative estimate of drug-likeness (QED) is 0.163. The summed E-state index contributed by atoms with van der Waals surface area (Å²) in [4.78, 5) is 43.1. The Kier molecular flexibility index (Phi) is 5.94. The number of benzene rings is 2. The summed E-state index contributed by atoms with van der Waals surface area (Å²) in [7, 11) is 0. The SMILES string of the molecule is CCn1c2ccc(C(=O)/C(CC#N)=N\OC(C)=O)cc2c2cc(C(=O)C34CC5CC(CC(C5)C3)C4)ccc21. The van der Waals surface area contributed by atoms with Crippen molar-refractivity contribution in [1.82, 2.24) is 4.57 Å². The van der Waals surface area contributed by atoms with Gasteiger partial charge < -0.3 is 9.40 Å². The molecule has 0 spiro atoms. The third kappa shape index (κ3) is 3.94. The van der Waals surface area contributed by atoms with Gasteiger partial charge in [-0.25, -0.2) is 4.79 Å². The highest BCUT2D eigenvalue weighted by atomic mass is 16.7. The number of aryl methyl sites for hydroxylation is 1. The van der Waals surface area contributed by atoms with E-state index < -0.39 is 11.8 Å². The lowest BCUT2D eigenvalue weighted by molar-refractivity contribution is -0.140. The van der Waals surface area contributed by atoms with Gasteiger partial charge in [-0.2, -0.15) is 5.26 Å². The van der Waals surface area contributed by atoms with Gasteiger partial charge in [0.1, 0.15) is 5.71 Å². The fourth-order valence-electron chi connectivity index (χ4n) is 7.94. The number of ketones is 2. The monoisotopic (exact) mass is 509 g/mol. The molecule has 1 heterocycles. The summed E-state index contributed by atoms with van der Waals surface area (Å²) in [6, 6.07) is 13.3. The molecule has 1 aromatic heterocycles. The molecule has 7 rings (SSSR count). The van der Waals surface area contributed by atoms with Crippen molar-refractivity contribution in [3.05, 3.63) is 47.5 Å². The molecule has 0 aliphatic heterocycles.